The molecule has 2 heterocycles. The van der Waals surface area contributed by atoms with Gasteiger partial charge >= 0.3 is 0 Å². The van der Waals surface area contributed by atoms with Crippen molar-refractivity contribution in [2.45, 2.75) is 39.2 Å². The molecule has 1 amide bonds. The SMILES string of the molecule is Cc1nc(CN2CCN(C(=O)C3(CN)CCCC3)CC2)cs1. The van der Waals surface area contributed by atoms with Gasteiger partial charge < -0.3 is 10.6 Å². The lowest BCUT2D eigenvalue weighted by Gasteiger charge is -2.39. The molecule has 6 heteroatoms. The van der Waals surface area contributed by atoms with Gasteiger partial charge in [-0.25, -0.2) is 4.98 Å². The molecule has 0 radical (unpaired) electrons. The fourth-order valence-corrected chi connectivity index (χ4v) is 4.32. The Balaban J connectivity index is 1.54. The Labute approximate surface area is 136 Å². The van der Waals surface area contributed by atoms with Crippen LogP contribution in [0.25, 0.3) is 0 Å². The highest BCUT2D eigenvalue weighted by Crippen LogP contribution is 2.39. The van der Waals surface area contributed by atoms with Crippen molar-refractivity contribution in [2.75, 3.05) is 32.7 Å². The lowest BCUT2D eigenvalue weighted by Crippen LogP contribution is -2.54. The molecule has 1 aliphatic heterocycles. The molecule has 122 valence electrons. The minimum atomic E-state index is -0.256. The van der Waals surface area contributed by atoms with Crippen molar-refractivity contribution >= 4 is 17.2 Å². The van der Waals surface area contributed by atoms with E-state index in [1.54, 1.807) is 11.3 Å². The van der Waals surface area contributed by atoms with E-state index in [2.05, 4.69) is 15.3 Å². The average Bonchev–Trinajstić information content (AvgIpc) is 3.17. The fraction of sp³-hybridized carbons (Fsp3) is 0.750. The predicted octanol–water partition coefficient (Wildman–Crippen LogP) is 1.61. The zero-order chi connectivity index (χ0) is 15.6. The van der Waals surface area contributed by atoms with Crippen LogP contribution in [-0.2, 0) is 11.3 Å². The summed E-state index contributed by atoms with van der Waals surface area (Å²) in [5.41, 5.74) is 6.84. The Bertz CT molecular complexity index is 516. The Morgan fingerprint density at radius 3 is 2.55 bits per heavy atom. The first kappa shape index (κ1) is 15.9. The zero-order valence-electron chi connectivity index (χ0n) is 13.4. The number of carbonyl (C=O) groups is 1. The summed E-state index contributed by atoms with van der Waals surface area (Å²) in [7, 11) is 0. The summed E-state index contributed by atoms with van der Waals surface area (Å²) in [4.78, 5) is 21.8. The Hall–Kier alpha value is -0.980. The third-order valence-corrected chi connectivity index (χ3v) is 5.94. The van der Waals surface area contributed by atoms with Crippen LogP contribution in [0.4, 0.5) is 0 Å². The minimum Gasteiger partial charge on any atom is -0.340 e. The topological polar surface area (TPSA) is 62.5 Å². The smallest absolute Gasteiger partial charge is 0.230 e. The monoisotopic (exact) mass is 322 g/mol. The van der Waals surface area contributed by atoms with Gasteiger partial charge in [0.05, 0.1) is 16.1 Å². The number of carbonyl (C=O) groups excluding carboxylic acids is 1. The van der Waals surface area contributed by atoms with Crippen molar-refractivity contribution in [1.82, 2.24) is 14.8 Å². The van der Waals surface area contributed by atoms with Gasteiger partial charge in [-0.1, -0.05) is 12.8 Å². The molecular weight excluding hydrogens is 296 g/mol. The number of nitrogens with zero attached hydrogens (tertiary/aromatic N) is 3. The lowest BCUT2D eigenvalue weighted by atomic mass is 9.84. The summed E-state index contributed by atoms with van der Waals surface area (Å²) in [6.45, 7) is 6.95. The molecule has 0 spiro atoms. The van der Waals surface area contributed by atoms with E-state index in [1.807, 2.05) is 11.8 Å². The summed E-state index contributed by atoms with van der Waals surface area (Å²) in [6.07, 6.45) is 4.24. The van der Waals surface area contributed by atoms with E-state index in [0.717, 1.165) is 69.1 Å². The molecular formula is C16H26N4OS. The van der Waals surface area contributed by atoms with Gasteiger partial charge in [0.15, 0.2) is 0 Å². The second-order valence-corrected chi connectivity index (χ2v) is 7.68. The van der Waals surface area contributed by atoms with Gasteiger partial charge in [-0.15, -0.1) is 11.3 Å². The number of aryl methyl sites for hydroxylation is 1. The van der Waals surface area contributed by atoms with Gasteiger partial charge in [-0.05, 0) is 19.8 Å². The number of amides is 1. The Morgan fingerprint density at radius 2 is 2.00 bits per heavy atom. The second kappa shape index (κ2) is 6.64. The fourth-order valence-electron chi connectivity index (χ4n) is 3.71. The van der Waals surface area contributed by atoms with Crippen LogP contribution in [0, 0.1) is 12.3 Å². The van der Waals surface area contributed by atoms with Crippen LogP contribution >= 0.6 is 11.3 Å². The predicted molar refractivity (Wildman–Crippen MR) is 88.7 cm³/mol. The van der Waals surface area contributed by atoms with E-state index in [1.165, 1.54) is 0 Å². The van der Waals surface area contributed by atoms with Crippen LogP contribution in [0.15, 0.2) is 5.38 Å². The number of hydrogen-bond donors (Lipinski definition) is 1. The van der Waals surface area contributed by atoms with Crippen LogP contribution in [0.3, 0.4) is 0 Å². The maximum absolute atomic E-state index is 12.8. The minimum absolute atomic E-state index is 0.256. The molecule has 0 atom stereocenters. The largest absolute Gasteiger partial charge is 0.340 e. The first-order valence-electron chi connectivity index (χ1n) is 8.26. The summed E-state index contributed by atoms with van der Waals surface area (Å²) in [5.74, 6) is 0.302. The molecule has 5 nitrogen and oxygen atoms in total. The summed E-state index contributed by atoms with van der Waals surface area (Å²) in [5, 5.41) is 3.25. The molecule has 1 saturated carbocycles. The van der Waals surface area contributed by atoms with E-state index >= 15 is 0 Å². The first-order chi connectivity index (χ1) is 10.6. The standard InChI is InChI=1S/C16H26N4OS/c1-13-18-14(11-22-13)10-19-6-8-20(9-7-19)15(21)16(12-17)4-2-3-5-16/h11H,2-10,12,17H2,1H3. The molecule has 0 aromatic carbocycles. The first-order valence-corrected chi connectivity index (χ1v) is 9.14. The molecule has 2 N–H and O–H groups in total. The molecule has 22 heavy (non-hydrogen) atoms. The number of aromatic nitrogens is 1. The van der Waals surface area contributed by atoms with Gasteiger partial charge in [-0.3, -0.25) is 9.69 Å². The summed E-state index contributed by atoms with van der Waals surface area (Å²) < 4.78 is 0. The quantitative estimate of drug-likeness (QED) is 0.915. The highest BCUT2D eigenvalue weighted by atomic mass is 32.1. The second-order valence-electron chi connectivity index (χ2n) is 6.62. The normalized spacial score (nSPS) is 22.2. The number of piperazine rings is 1. The summed E-state index contributed by atoms with van der Waals surface area (Å²) >= 11 is 1.70. The molecule has 3 rings (SSSR count). The maximum atomic E-state index is 12.8. The van der Waals surface area contributed by atoms with Gasteiger partial charge in [-0.2, -0.15) is 0 Å². The molecule has 1 aromatic heterocycles. The Kier molecular flexibility index (Phi) is 4.80. The third kappa shape index (κ3) is 3.19. The average molecular weight is 322 g/mol. The van der Waals surface area contributed by atoms with Crippen LogP contribution < -0.4 is 5.73 Å². The van der Waals surface area contributed by atoms with Crippen molar-refractivity contribution in [3.8, 4) is 0 Å². The van der Waals surface area contributed by atoms with Crippen molar-refractivity contribution in [2.24, 2.45) is 11.1 Å². The zero-order valence-corrected chi connectivity index (χ0v) is 14.2. The molecule has 1 saturated heterocycles. The number of nitrogens with two attached hydrogens (primary N) is 1. The molecule has 2 fully saturated rings. The summed E-state index contributed by atoms with van der Waals surface area (Å²) in [6, 6.07) is 0. The number of rotatable bonds is 4. The Morgan fingerprint density at radius 1 is 1.32 bits per heavy atom. The highest BCUT2D eigenvalue weighted by Gasteiger charge is 2.42. The van der Waals surface area contributed by atoms with Crippen molar-refractivity contribution in [1.29, 1.82) is 0 Å². The number of thiazole rings is 1. The lowest BCUT2D eigenvalue weighted by molar-refractivity contribution is -0.143. The molecule has 0 unspecified atom stereocenters. The van der Waals surface area contributed by atoms with Gasteiger partial charge in [0.25, 0.3) is 0 Å². The number of hydrogen-bond acceptors (Lipinski definition) is 5. The highest BCUT2D eigenvalue weighted by molar-refractivity contribution is 7.09. The van der Waals surface area contributed by atoms with Crippen LogP contribution in [-0.4, -0.2) is 53.4 Å². The van der Waals surface area contributed by atoms with E-state index < -0.39 is 0 Å². The van der Waals surface area contributed by atoms with E-state index in [9.17, 15) is 4.79 Å². The molecule has 1 aromatic rings. The molecule has 0 bridgehead atoms. The van der Waals surface area contributed by atoms with Gasteiger partial charge in [0.2, 0.25) is 5.91 Å². The van der Waals surface area contributed by atoms with E-state index in [4.69, 9.17) is 5.73 Å². The van der Waals surface area contributed by atoms with E-state index in [-0.39, 0.29) is 5.41 Å². The third-order valence-electron chi connectivity index (χ3n) is 5.12. The van der Waals surface area contributed by atoms with Gasteiger partial charge in [0.1, 0.15) is 0 Å². The van der Waals surface area contributed by atoms with Crippen molar-refractivity contribution < 1.29 is 4.79 Å². The van der Waals surface area contributed by atoms with Gasteiger partial charge in [0, 0.05) is 44.6 Å². The van der Waals surface area contributed by atoms with Crippen molar-refractivity contribution in [3.63, 3.8) is 0 Å². The van der Waals surface area contributed by atoms with Crippen molar-refractivity contribution in [3.05, 3.63) is 16.1 Å². The molecule has 1 aliphatic carbocycles. The van der Waals surface area contributed by atoms with Crippen LogP contribution in [0.2, 0.25) is 0 Å². The maximum Gasteiger partial charge on any atom is 0.230 e. The van der Waals surface area contributed by atoms with Crippen LogP contribution in [0.1, 0.15) is 36.4 Å². The van der Waals surface area contributed by atoms with E-state index in [0.29, 0.717) is 12.5 Å². The van der Waals surface area contributed by atoms with Crippen LogP contribution in [0.5, 0.6) is 0 Å². The molecule has 2 aliphatic rings.